The summed E-state index contributed by atoms with van der Waals surface area (Å²) in [5.74, 6) is -0.0131. The second-order valence-electron chi connectivity index (χ2n) is 9.78. The molecule has 3 heterocycles. The number of fused-ring (bicyclic) bond motifs is 1. The maximum atomic E-state index is 13.9. The van der Waals surface area contributed by atoms with Crippen molar-refractivity contribution in [3.63, 3.8) is 0 Å². The first-order valence-electron chi connectivity index (χ1n) is 13.1. The molecule has 0 saturated heterocycles. The van der Waals surface area contributed by atoms with Crippen molar-refractivity contribution in [2.24, 2.45) is 0 Å². The van der Waals surface area contributed by atoms with Gasteiger partial charge < -0.3 is 4.90 Å². The van der Waals surface area contributed by atoms with E-state index in [1.165, 1.54) is 22.9 Å². The predicted molar refractivity (Wildman–Crippen MR) is 147 cm³/mol. The number of nitrogens with zero attached hydrogens (tertiary/aromatic N) is 6. The van der Waals surface area contributed by atoms with E-state index >= 15 is 0 Å². The van der Waals surface area contributed by atoms with Crippen molar-refractivity contribution in [2.75, 3.05) is 13.1 Å². The van der Waals surface area contributed by atoms with Crippen LogP contribution in [0.1, 0.15) is 16.8 Å². The molecule has 0 spiro atoms. The van der Waals surface area contributed by atoms with Crippen molar-refractivity contribution in [2.45, 2.75) is 26.3 Å². The van der Waals surface area contributed by atoms with Crippen LogP contribution in [0.4, 0.5) is 8.78 Å². The zero-order valence-electron chi connectivity index (χ0n) is 21.9. The molecule has 0 fully saturated rings. The van der Waals surface area contributed by atoms with Gasteiger partial charge in [-0.15, -0.1) is 5.10 Å². The first-order valence-corrected chi connectivity index (χ1v) is 13.1. The topological polar surface area (TPSA) is 76.8 Å². The lowest BCUT2D eigenvalue weighted by molar-refractivity contribution is -0.131. The summed E-state index contributed by atoms with van der Waals surface area (Å²) >= 11 is 0. The Labute approximate surface area is 230 Å². The van der Waals surface area contributed by atoms with Crippen molar-refractivity contribution in [3.05, 3.63) is 108 Å². The fraction of sp³-hybridized carbons (Fsp3) is 0.194. The summed E-state index contributed by atoms with van der Waals surface area (Å²) in [7, 11) is 0. The molecule has 0 aliphatic carbocycles. The van der Waals surface area contributed by atoms with Crippen LogP contribution in [-0.4, -0.2) is 48.6 Å². The van der Waals surface area contributed by atoms with Crippen molar-refractivity contribution >= 4 is 5.91 Å². The second kappa shape index (κ2) is 10.8. The third-order valence-corrected chi connectivity index (χ3v) is 7.16. The number of aromatic nitrogens is 5. The van der Waals surface area contributed by atoms with Crippen LogP contribution in [0, 0.1) is 18.6 Å². The van der Waals surface area contributed by atoms with Gasteiger partial charge >= 0.3 is 0 Å². The summed E-state index contributed by atoms with van der Waals surface area (Å²) in [4.78, 5) is 29.1. The van der Waals surface area contributed by atoms with E-state index in [2.05, 4.69) is 20.1 Å². The average molecular weight is 537 g/mol. The normalized spacial score (nSPS) is 13.1. The number of rotatable bonds is 5. The standard InChI is InChI=1S/C31H26F2N6O/c1-20-17-23(9-12-26(20)33)30-36-31(22-7-10-24(32)11-8-22)39(37-30)18-28(40)38-15-13-25-27(14-16-38)34-19-35-29(25)21-5-3-2-4-6-21/h2-12,17,19H,13-16,18H2,1H3. The van der Waals surface area contributed by atoms with E-state index in [-0.39, 0.29) is 24.1 Å². The van der Waals surface area contributed by atoms with Gasteiger partial charge in [-0.1, -0.05) is 30.3 Å². The van der Waals surface area contributed by atoms with Gasteiger partial charge in [0.15, 0.2) is 11.6 Å². The molecule has 0 saturated carbocycles. The molecule has 2 aromatic heterocycles. The van der Waals surface area contributed by atoms with Gasteiger partial charge in [0.2, 0.25) is 5.91 Å². The van der Waals surface area contributed by atoms with Gasteiger partial charge in [-0.05, 0) is 61.4 Å². The molecule has 5 aromatic rings. The summed E-state index contributed by atoms with van der Waals surface area (Å²) in [6.07, 6.45) is 2.84. The number of carbonyl (C=O) groups is 1. The van der Waals surface area contributed by atoms with Gasteiger partial charge in [-0.25, -0.2) is 28.4 Å². The SMILES string of the molecule is Cc1cc(-c2nc(-c3ccc(F)cc3)n(CC(=O)N3CCc4ncnc(-c5ccccc5)c4CC3)n2)ccc1F. The second-order valence-corrected chi connectivity index (χ2v) is 9.78. The van der Waals surface area contributed by atoms with Crippen molar-refractivity contribution in [1.29, 1.82) is 0 Å². The van der Waals surface area contributed by atoms with E-state index in [9.17, 15) is 13.6 Å². The van der Waals surface area contributed by atoms with E-state index < -0.39 is 0 Å². The smallest absolute Gasteiger partial charge is 0.244 e. The molecule has 1 amide bonds. The van der Waals surface area contributed by atoms with Crippen LogP contribution in [0.3, 0.4) is 0 Å². The van der Waals surface area contributed by atoms with E-state index in [0.29, 0.717) is 54.3 Å². The Kier molecular flexibility index (Phi) is 6.86. The molecule has 0 unspecified atom stereocenters. The Balaban J connectivity index is 1.28. The number of benzene rings is 3. The molecule has 200 valence electrons. The van der Waals surface area contributed by atoms with E-state index in [1.54, 1.807) is 37.5 Å². The average Bonchev–Trinajstić information content (AvgIpc) is 3.25. The van der Waals surface area contributed by atoms with Crippen LogP contribution in [0.15, 0.2) is 79.1 Å². The minimum absolute atomic E-state index is 0.0482. The molecule has 0 N–H and O–H groups in total. The lowest BCUT2D eigenvalue weighted by Gasteiger charge is -2.20. The fourth-order valence-electron chi connectivity index (χ4n) is 5.02. The van der Waals surface area contributed by atoms with Gasteiger partial charge in [0, 0.05) is 47.5 Å². The maximum Gasteiger partial charge on any atom is 0.244 e. The lowest BCUT2D eigenvalue weighted by atomic mass is 10.0. The van der Waals surface area contributed by atoms with E-state index in [1.807, 2.05) is 35.2 Å². The monoisotopic (exact) mass is 536 g/mol. The van der Waals surface area contributed by atoms with Gasteiger partial charge in [-0.3, -0.25) is 4.79 Å². The number of amides is 1. The van der Waals surface area contributed by atoms with E-state index in [4.69, 9.17) is 0 Å². The summed E-state index contributed by atoms with van der Waals surface area (Å²) in [6.45, 7) is 2.66. The molecule has 3 aromatic carbocycles. The van der Waals surface area contributed by atoms with Crippen LogP contribution in [0.5, 0.6) is 0 Å². The number of aryl methyl sites for hydroxylation is 1. The lowest BCUT2D eigenvalue weighted by Crippen LogP contribution is -2.36. The van der Waals surface area contributed by atoms with Crippen LogP contribution in [-0.2, 0) is 24.2 Å². The van der Waals surface area contributed by atoms with E-state index in [0.717, 1.165) is 22.5 Å². The number of halogens is 2. The molecular formula is C31H26F2N6O. The summed E-state index contributed by atoms with van der Waals surface area (Å²) in [5, 5.41) is 4.62. The summed E-state index contributed by atoms with van der Waals surface area (Å²) < 4.78 is 29.1. The molecule has 9 heteroatoms. The van der Waals surface area contributed by atoms with Crippen LogP contribution in [0.25, 0.3) is 34.0 Å². The predicted octanol–water partition coefficient (Wildman–Crippen LogP) is 5.28. The van der Waals surface area contributed by atoms with Gasteiger partial charge in [-0.2, -0.15) is 0 Å². The Morgan fingerprint density at radius 1 is 0.875 bits per heavy atom. The van der Waals surface area contributed by atoms with Crippen LogP contribution in [0.2, 0.25) is 0 Å². The highest BCUT2D eigenvalue weighted by Gasteiger charge is 2.24. The first kappa shape index (κ1) is 25.5. The Morgan fingerprint density at radius 3 is 2.40 bits per heavy atom. The molecule has 7 nitrogen and oxygen atoms in total. The molecule has 1 aliphatic heterocycles. The highest BCUT2D eigenvalue weighted by Crippen LogP contribution is 2.27. The van der Waals surface area contributed by atoms with Gasteiger partial charge in [0.05, 0.1) is 5.69 Å². The van der Waals surface area contributed by atoms with Crippen LogP contribution >= 0.6 is 0 Å². The molecule has 6 rings (SSSR count). The molecule has 1 aliphatic rings. The quantitative estimate of drug-likeness (QED) is 0.305. The first-order chi connectivity index (χ1) is 19.5. The third-order valence-electron chi connectivity index (χ3n) is 7.16. The number of hydrogen-bond donors (Lipinski definition) is 0. The molecule has 0 atom stereocenters. The third kappa shape index (κ3) is 5.10. The number of carbonyl (C=O) groups excluding carboxylic acids is 1. The van der Waals surface area contributed by atoms with Gasteiger partial charge in [0.1, 0.15) is 24.5 Å². The fourth-order valence-corrected chi connectivity index (χ4v) is 5.02. The molecule has 40 heavy (non-hydrogen) atoms. The summed E-state index contributed by atoms with van der Waals surface area (Å²) in [6, 6.07) is 20.5. The maximum absolute atomic E-state index is 13.9. The zero-order chi connectivity index (χ0) is 27.6. The van der Waals surface area contributed by atoms with Crippen LogP contribution < -0.4 is 0 Å². The van der Waals surface area contributed by atoms with Crippen molar-refractivity contribution < 1.29 is 13.6 Å². The van der Waals surface area contributed by atoms with Gasteiger partial charge in [0.25, 0.3) is 0 Å². The zero-order valence-corrected chi connectivity index (χ0v) is 21.9. The number of hydrogen-bond acceptors (Lipinski definition) is 5. The van der Waals surface area contributed by atoms with Crippen molar-refractivity contribution in [1.82, 2.24) is 29.6 Å². The van der Waals surface area contributed by atoms with Crippen molar-refractivity contribution in [3.8, 4) is 34.0 Å². The minimum Gasteiger partial charge on any atom is -0.340 e. The molecule has 0 radical (unpaired) electrons. The molecular weight excluding hydrogens is 510 g/mol. The highest BCUT2D eigenvalue weighted by molar-refractivity contribution is 5.77. The minimum atomic E-state index is -0.373. The largest absolute Gasteiger partial charge is 0.340 e. The Morgan fingerprint density at radius 2 is 1.62 bits per heavy atom. The Hall–Kier alpha value is -4.79. The summed E-state index contributed by atoms with van der Waals surface area (Å²) in [5.41, 5.74) is 5.65. The molecule has 0 bridgehead atoms. The highest BCUT2D eigenvalue weighted by atomic mass is 19.1. The Bertz CT molecular complexity index is 1680.